The maximum Gasteiger partial charge on any atom is 0.417 e. The Morgan fingerprint density at radius 3 is 2.38 bits per heavy atom. The second-order valence-electron chi connectivity index (χ2n) is 5.92. The highest BCUT2D eigenvalue weighted by atomic mass is 32.2. The quantitative estimate of drug-likeness (QED) is 0.830. The molecule has 5 nitrogen and oxygen atoms in total. The molecule has 2 N–H and O–H groups in total. The minimum atomic E-state index is -4.67. The number of carbonyl (C=O) groups is 1. The monoisotopic (exact) mass is 384 g/mol. The lowest BCUT2D eigenvalue weighted by Gasteiger charge is -2.13. The van der Waals surface area contributed by atoms with Crippen LogP contribution in [0.5, 0.6) is 0 Å². The summed E-state index contributed by atoms with van der Waals surface area (Å²) in [5, 5.41) is 2.32. The fraction of sp³-hybridized carbons (Fsp3) is 0.235. The first-order chi connectivity index (χ1) is 12.2. The van der Waals surface area contributed by atoms with Gasteiger partial charge >= 0.3 is 6.18 Å². The summed E-state index contributed by atoms with van der Waals surface area (Å²) in [6.45, 7) is 0. The fourth-order valence-electron chi connectivity index (χ4n) is 2.36. The highest BCUT2D eigenvalue weighted by molar-refractivity contribution is 7.89. The lowest BCUT2D eigenvalue weighted by atomic mass is 10.1. The minimum Gasteiger partial charge on any atom is -0.322 e. The molecule has 26 heavy (non-hydrogen) atoms. The van der Waals surface area contributed by atoms with Crippen molar-refractivity contribution >= 4 is 21.6 Å². The Labute approximate surface area is 148 Å². The normalized spacial score (nSPS) is 14.9. The number of halogens is 3. The standard InChI is InChI=1S/C17H15F3N2O3S/c18-17(19,20)15-7-2-1-6-14(15)16(23)21-12-4-3-5-13(10-12)26(24,25)22-11-8-9-11/h1-7,10-11,22H,8-9H2,(H,21,23). The molecule has 138 valence electrons. The van der Waals surface area contributed by atoms with Crippen molar-refractivity contribution in [3.05, 3.63) is 59.7 Å². The molecular weight excluding hydrogens is 369 g/mol. The molecule has 0 unspecified atom stereocenters. The number of carbonyl (C=O) groups excluding carboxylic acids is 1. The average Bonchev–Trinajstić information content (AvgIpc) is 3.37. The molecule has 0 atom stereocenters. The van der Waals surface area contributed by atoms with Crippen molar-refractivity contribution in [2.24, 2.45) is 0 Å². The SMILES string of the molecule is O=C(Nc1cccc(S(=O)(=O)NC2CC2)c1)c1ccccc1C(F)(F)F. The molecule has 0 bridgehead atoms. The van der Waals surface area contributed by atoms with Crippen molar-refractivity contribution in [1.29, 1.82) is 0 Å². The summed E-state index contributed by atoms with van der Waals surface area (Å²) < 4.78 is 66.0. The highest BCUT2D eigenvalue weighted by Crippen LogP contribution is 2.32. The number of rotatable bonds is 5. The largest absolute Gasteiger partial charge is 0.417 e. The van der Waals surface area contributed by atoms with Crippen LogP contribution in [0.4, 0.5) is 18.9 Å². The Balaban J connectivity index is 1.84. The first kappa shape index (κ1) is 18.4. The maximum absolute atomic E-state index is 13.0. The van der Waals surface area contributed by atoms with Gasteiger partial charge in [0.1, 0.15) is 0 Å². The van der Waals surface area contributed by atoms with Gasteiger partial charge in [0.25, 0.3) is 5.91 Å². The van der Waals surface area contributed by atoms with Crippen LogP contribution < -0.4 is 10.0 Å². The van der Waals surface area contributed by atoms with E-state index in [1.54, 1.807) is 0 Å². The molecular formula is C17H15F3N2O3S. The minimum absolute atomic E-state index is 0.0636. The molecule has 3 rings (SSSR count). The van der Waals surface area contributed by atoms with Gasteiger partial charge in [-0.05, 0) is 43.2 Å². The zero-order valence-corrected chi connectivity index (χ0v) is 14.2. The van der Waals surface area contributed by atoms with Crippen LogP contribution in [-0.2, 0) is 16.2 Å². The number of amides is 1. The van der Waals surface area contributed by atoms with Crippen LogP contribution >= 0.6 is 0 Å². The molecule has 2 aromatic carbocycles. The van der Waals surface area contributed by atoms with E-state index in [2.05, 4.69) is 10.0 Å². The Bertz CT molecular complexity index is 938. The average molecular weight is 384 g/mol. The van der Waals surface area contributed by atoms with Crippen LogP contribution in [0.15, 0.2) is 53.4 Å². The van der Waals surface area contributed by atoms with Gasteiger partial charge in [-0.15, -0.1) is 0 Å². The molecule has 0 aliphatic heterocycles. The number of benzene rings is 2. The van der Waals surface area contributed by atoms with Crippen molar-refractivity contribution in [3.63, 3.8) is 0 Å². The van der Waals surface area contributed by atoms with E-state index >= 15 is 0 Å². The Hall–Kier alpha value is -2.39. The van der Waals surface area contributed by atoms with Crippen molar-refractivity contribution in [2.45, 2.75) is 30.0 Å². The van der Waals surface area contributed by atoms with Crippen LogP contribution in [0.1, 0.15) is 28.8 Å². The van der Waals surface area contributed by atoms with Crippen molar-refractivity contribution < 1.29 is 26.4 Å². The van der Waals surface area contributed by atoms with Gasteiger partial charge in [-0.2, -0.15) is 13.2 Å². The molecule has 0 aromatic heterocycles. The fourth-order valence-corrected chi connectivity index (χ4v) is 3.71. The first-order valence-corrected chi connectivity index (χ1v) is 9.25. The molecule has 1 aliphatic carbocycles. The van der Waals surface area contributed by atoms with Gasteiger partial charge in [-0.25, -0.2) is 13.1 Å². The van der Waals surface area contributed by atoms with Gasteiger partial charge in [-0.3, -0.25) is 4.79 Å². The molecule has 0 radical (unpaired) electrons. The second-order valence-corrected chi connectivity index (χ2v) is 7.63. The van der Waals surface area contributed by atoms with Crippen molar-refractivity contribution in [1.82, 2.24) is 4.72 Å². The van der Waals surface area contributed by atoms with Gasteiger partial charge in [0.05, 0.1) is 16.0 Å². The Kier molecular flexibility index (Phi) is 4.76. The summed E-state index contributed by atoms with van der Waals surface area (Å²) >= 11 is 0. The zero-order valence-electron chi connectivity index (χ0n) is 13.4. The Morgan fingerprint density at radius 1 is 1.04 bits per heavy atom. The second kappa shape index (κ2) is 6.73. The number of alkyl halides is 3. The van der Waals surface area contributed by atoms with Gasteiger partial charge in [-0.1, -0.05) is 18.2 Å². The molecule has 1 aliphatic rings. The zero-order chi connectivity index (χ0) is 18.9. The molecule has 1 fully saturated rings. The Morgan fingerprint density at radius 2 is 1.73 bits per heavy atom. The van der Waals surface area contributed by atoms with E-state index in [0.29, 0.717) is 0 Å². The summed E-state index contributed by atoms with van der Waals surface area (Å²) in [6.07, 6.45) is -3.14. The van der Waals surface area contributed by atoms with E-state index in [4.69, 9.17) is 0 Å². The smallest absolute Gasteiger partial charge is 0.322 e. The maximum atomic E-state index is 13.0. The number of nitrogens with one attached hydrogen (secondary N) is 2. The van der Waals surface area contributed by atoms with E-state index in [0.717, 1.165) is 25.0 Å². The summed E-state index contributed by atoms with van der Waals surface area (Å²) in [4.78, 5) is 12.2. The molecule has 1 amide bonds. The summed E-state index contributed by atoms with van der Waals surface area (Å²) in [5.74, 6) is -0.970. The first-order valence-electron chi connectivity index (χ1n) is 7.77. The molecule has 0 saturated heterocycles. The topological polar surface area (TPSA) is 75.3 Å². The van der Waals surface area contributed by atoms with Crippen molar-refractivity contribution in [3.8, 4) is 0 Å². The lowest BCUT2D eigenvalue weighted by molar-refractivity contribution is -0.137. The van der Waals surface area contributed by atoms with E-state index in [9.17, 15) is 26.4 Å². The van der Waals surface area contributed by atoms with E-state index in [1.807, 2.05) is 0 Å². The highest BCUT2D eigenvalue weighted by Gasteiger charge is 2.35. The van der Waals surface area contributed by atoms with Gasteiger partial charge in [0, 0.05) is 11.7 Å². The molecule has 0 spiro atoms. The van der Waals surface area contributed by atoms with Gasteiger partial charge < -0.3 is 5.32 Å². The molecule has 9 heteroatoms. The summed E-state index contributed by atoms with van der Waals surface area (Å²) in [6, 6.07) is 9.68. The van der Waals surface area contributed by atoms with E-state index in [-0.39, 0.29) is 16.6 Å². The number of anilines is 1. The summed E-state index contributed by atoms with van der Waals surface area (Å²) in [5.41, 5.74) is -1.51. The molecule has 1 saturated carbocycles. The number of hydrogen-bond donors (Lipinski definition) is 2. The summed E-state index contributed by atoms with van der Waals surface area (Å²) in [7, 11) is -3.73. The number of hydrogen-bond acceptors (Lipinski definition) is 3. The van der Waals surface area contributed by atoms with Crippen molar-refractivity contribution in [2.75, 3.05) is 5.32 Å². The van der Waals surface area contributed by atoms with E-state index in [1.165, 1.54) is 36.4 Å². The predicted molar refractivity (Wildman–Crippen MR) is 89.2 cm³/mol. The predicted octanol–water partition coefficient (Wildman–Crippen LogP) is 3.40. The van der Waals surface area contributed by atoms with Crippen LogP contribution in [0, 0.1) is 0 Å². The molecule has 0 heterocycles. The third-order valence-corrected chi connectivity index (χ3v) is 5.30. The van der Waals surface area contributed by atoms with Crippen LogP contribution in [-0.4, -0.2) is 20.4 Å². The van der Waals surface area contributed by atoms with Crippen LogP contribution in [0.3, 0.4) is 0 Å². The van der Waals surface area contributed by atoms with Crippen LogP contribution in [0.2, 0.25) is 0 Å². The van der Waals surface area contributed by atoms with Gasteiger partial charge in [0.15, 0.2) is 0 Å². The molecule has 2 aromatic rings. The third-order valence-electron chi connectivity index (χ3n) is 3.78. The van der Waals surface area contributed by atoms with Gasteiger partial charge in [0.2, 0.25) is 10.0 Å². The third kappa shape index (κ3) is 4.23. The van der Waals surface area contributed by atoms with E-state index < -0.39 is 33.2 Å². The lowest BCUT2D eigenvalue weighted by Crippen LogP contribution is -2.25. The number of sulfonamides is 1. The van der Waals surface area contributed by atoms with Crippen LogP contribution in [0.25, 0.3) is 0 Å².